The van der Waals surface area contributed by atoms with Crippen molar-refractivity contribution in [3.63, 3.8) is 0 Å². The average Bonchev–Trinajstić information content (AvgIpc) is 3.47. The van der Waals surface area contributed by atoms with Crippen molar-refractivity contribution < 1.29 is 19.5 Å². The van der Waals surface area contributed by atoms with E-state index in [0.717, 1.165) is 49.9 Å². The van der Waals surface area contributed by atoms with Crippen molar-refractivity contribution in [2.75, 3.05) is 13.1 Å². The monoisotopic (exact) mass is 412 g/mol. The van der Waals surface area contributed by atoms with Gasteiger partial charge < -0.3 is 20.6 Å². The third-order valence-corrected chi connectivity index (χ3v) is 7.37. The van der Waals surface area contributed by atoms with Crippen LogP contribution in [-0.4, -0.2) is 58.0 Å². The van der Waals surface area contributed by atoms with Crippen molar-refractivity contribution in [3.8, 4) is 0 Å². The Morgan fingerprint density at radius 2 is 1.90 bits per heavy atom. The summed E-state index contributed by atoms with van der Waals surface area (Å²) in [6.07, 6.45) is 4.02. The van der Waals surface area contributed by atoms with Crippen molar-refractivity contribution in [3.05, 3.63) is 34.9 Å². The van der Waals surface area contributed by atoms with Crippen LogP contribution in [0.25, 0.3) is 0 Å². The first-order valence-electron chi connectivity index (χ1n) is 10.9. The Morgan fingerprint density at radius 1 is 1.13 bits per heavy atom. The van der Waals surface area contributed by atoms with Gasteiger partial charge in [0.15, 0.2) is 0 Å². The van der Waals surface area contributed by atoms with Gasteiger partial charge in [0.2, 0.25) is 11.8 Å². The maximum atomic E-state index is 13.0. The molecule has 4 N–H and O–H groups in total. The van der Waals surface area contributed by atoms with E-state index in [-0.39, 0.29) is 23.8 Å². The maximum Gasteiger partial charge on any atom is 0.255 e. The molecule has 3 fully saturated rings. The molecule has 8 heteroatoms. The molecule has 0 aromatic heterocycles. The minimum Gasteiger partial charge on any atom is -0.388 e. The lowest BCUT2D eigenvalue weighted by Crippen LogP contribution is -2.57. The Bertz CT molecular complexity index is 904. The predicted octanol–water partition coefficient (Wildman–Crippen LogP) is 0.184. The highest BCUT2D eigenvalue weighted by Crippen LogP contribution is 2.49. The molecule has 3 aliphatic heterocycles. The third-order valence-electron chi connectivity index (χ3n) is 7.37. The van der Waals surface area contributed by atoms with E-state index in [1.54, 1.807) is 11.0 Å². The van der Waals surface area contributed by atoms with Crippen LogP contribution in [0, 0.1) is 0 Å². The minimum atomic E-state index is -0.690. The molecule has 1 saturated carbocycles. The molecule has 2 saturated heterocycles. The summed E-state index contributed by atoms with van der Waals surface area (Å²) in [4.78, 5) is 38.3. The molecular weight excluding hydrogens is 384 g/mol. The van der Waals surface area contributed by atoms with Crippen LogP contribution in [-0.2, 0) is 22.7 Å². The van der Waals surface area contributed by atoms with E-state index in [4.69, 9.17) is 0 Å². The summed E-state index contributed by atoms with van der Waals surface area (Å²) in [5.41, 5.74) is 1.66. The molecule has 5 rings (SSSR count). The Labute approximate surface area is 175 Å². The van der Waals surface area contributed by atoms with Gasteiger partial charge in [-0.3, -0.25) is 19.7 Å². The van der Waals surface area contributed by atoms with Crippen LogP contribution < -0.4 is 16.0 Å². The van der Waals surface area contributed by atoms with E-state index in [1.165, 1.54) is 0 Å². The fourth-order valence-corrected chi connectivity index (χ4v) is 5.33. The van der Waals surface area contributed by atoms with Crippen LogP contribution in [0.3, 0.4) is 0 Å². The summed E-state index contributed by atoms with van der Waals surface area (Å²) in [5, 5.41) is 20.5. The summed E-state index contributed by atoms with van der Waals surface area (Å²) >= 11 is 0. The number of fused-ring (bicyclic) bond motifs is 1. The van der Waals surface area contributed by atoms with Gasteiger partial charge in [-0.25, -0.2) is 0 Å². The van der Waals surface area contributed by atoms with Crippen LogP contribution in [0.15, 0.2) is 18.2 Å². The second-order valence-corrected chi connectivity index (χ2v) is 9.06. The first-order valence-corrected chi connectivity index (χ1v) is 10.9. The van der Waals surface area contributed by atoms with Gasteiger partial charge in [0.05, 0.1) is 5.60 Å². The largest absolute Gasteiger partial charge is 0.388 e. The number of rotatable bonds is 5. The van der Waals surface area contributed by atoms with Gasteiger partial charge in [-0.1, -0.05) is 12.1 Å². The first-order chi connectivity index (χ1) is 14.4. The molecule has 1 atom stereocenters. The number of piperidine rings is 2. The van der Waals surface area contributed by atoms with Gasteiger partial charge in [-0.2, -0.15) is 0 Å². The summed E-state index contributed by atoms with van der Waals surface area (Å²) in [6.45, 7) is 2.61. The predicted molar refractivity (Wildman–Crippen MR) is 108 cm³/mol. The number of benzene rings is 1. The first kappa shape index (κ1) is 19.7. The fraction of sp³-hybridized carbons (Fsp3) is 0.591. The quantitative estimate of drug-likeness (QED) is 0.514. The number of imide groups is 1. The number of hydrogen-bond acceptors (Lipinski definition) is 6. The molecule has 1 unspecified atom stereocenters. The summed E-state index contributed by atoms with van der Waals surface area (Å²) in [7, 11) is 0. The smallest absolute Gasteiger partial charge is 0.255 e. The molecule has 8 nitrogen and oxygen atoms in total. The second kappa shape index (κ2) is 7.14. The molecule has 160 valence electrons. The van der Waals surface area contributed by atoms with E-state index in [9.17, 15) is 19.5 Å². The molecule has 1 aliphatic carbocycles. The van der Waals surface area contributed by atoms with Crippen LogP contribution in [0.2, 0.25) is 0 Å². The number of aliphatic hydroxyl groups is 1. The SMILES string of the molecule is O=C1CCC(N2Cc3c(CNC4(C5(O)CCNCC5)CC4)cccc3C2=O)C(=O)N1. The third kappa shape index (κ3) is 3.14. The van der Waals surface area contributed by atoms with Crippen molar-refractivity contribution in [1.29, 1.82) is 0 Å². The van der Waals surface area contributed by atoms with Gasteiger partial charge >= 0.3 is 0 Å². The topological polar surface area (TPSA) is 111 Å². The zero-order valence-corrected chi connectivity index (χ0v) is 17.0. The molecule has 1 aromatic rings. The van der Waals surface area contributed by atoms with Gasteiger partial charge in [0.1, 0.15) is 6.04 Å². The molecule has 1 aromatic carbocycles. The highest BCUT2D eigenvalue weighted by molar-refractivity contribution is 6.05. The van der Waals surface area contributed by atoms with Gasteiger partial charge in [-0.15, -0.1) is 0 Å². The lowest BCUT2D eigenvalue weighted by molar-refractivity contribution is -0.136. The standard InChI is InChI=1S/C22H28N4O4/c27-18-5-4-17(19(28)25-18)26-13-16-14(2-1-3-15(16)20(26)29)12-24-21(6-7-21)22(30)8-10-23-11-9-22/h1-3,17,23-24,30H,4-13H2,(H,25,27,28). The Hall–Kier alpha value is -2.29. The van der Waals surface area contributed by atoms with Crippen LogP contribution in [0.4, 0.5) is 0 Å². The van der Waals surface area contributed by atoms with E-state index < -0.39 is 17.6 Å². The Morgan fingerprint density at radius 3 is 2.60 bits per heavy atom. The number of nitrogens with one attached hydrogen (secondary N) is 3. The molecule has 4 aliphatic rings. The Kier molecular flexibility index (Phi) is 4.68. The van der Waals surface area contributed by atoms with Crippen LogP contribution in [0.5, 0.6) is 0 Å². The fourth-order valence-electron chi connectivity index (χ4n) is 5.33. The lowest BCUT2D eigenvalue weighted by atomic mass is 9.82. The molecule has 0 bridgehead atoms. The number of amides is 3. The molecular formula is C22H28N4O4. The Balaban J connectivity index is 1.32. The van der Waals surface area contributed by atoms with Crippen molar-refractivity contribution in [2.24, 2.45) is 0 Å². The molecule has 0 radical (unpaired) electrons. The van der Waals surface area contributed by atoms with Crippen LogP contribution in [0.1, 0.15) is 60.0 Å². The molecule has 3 amide bonds. The van der Waals surface area contributed by atoms with Gasteiger partial charge in [0, 0.05) is 30.6 Å². The number of carbonyl (C=O) groups excluding carboxylic acids is 3. The summed E-state index contributed by atoms with van der Waals surface area (Å²) in [6, 6.07) is 5.09. The summed E-state index contributed by atoms with van der Waals surface area (Å²) in [5.74, 6) is -0.826. The second-order valence-electron chi connectivity index (χ2n) is 9.06. The molecule has 30 heavy (non-hydrogen) atoms. The highest BCUT2D eigenvalue weighted by atomic mass is 16.3. The van der Waals surface area contributed by atoms with E-state index in [0.29, 0.717) is 25.1 Å². The van der Waals surface area contributed by atoms with E-state index >= 15 is 0 Å². The minimum absolute atomic E-state index is 0.153. The maximum absolute atomic E-state index is 13.0. The van der Waals surface area contributed by atoms with E-state index in [2.05, 4.69) is 16.0 Å². The number of hydrogen-bond donors (Lipinski definition) is 4. The molecule has 3 heterocycles. The van der Waals surface area contributed by atoms with Crippen molar-refractivity contribution in [2.45, 2.75) is 68.8 Å². The summed E-state index contributed by atoms with van der Waals surface area (Å²) < 4.78 is 0. The van der Waals surface area contributed by atoms with Crippen molar-refractivity contribution >= 4 is 17.7 Å². The number of nitrogens with zero attached hydrogens (tertiary/aromatic N) is 1. The lowest BCUT2D eigenvalue weighted by Gasteiger charge is -2.40. The zero-order chi connectivity index (χ0) is 20.9. The van der Waals surface area contributed by atoms with Gasteiger partial charge in [-0.05, 0) is 62.4 Å². The normalized spacial score (nSPS) is 27.0. The highest BCUT2D eigenvalue weighted by Gasteiger charge is 2.58. The average molecular weight is 412 g/mol. The van der Waals surface area contributed by atoms with Crippen LogP contribution >= 0.6 is 0 Å². The molecule has 0 spiro atoms. The van der Waals surface area contributed by atoms with E-state index in [1.807, 2.05) is 12.1 Å². The van der Waals surface area contributed by atoms with Gasteiger partial charge in [0.25, 0.3) is 5.91 Å². The van der Waals surface area contributed by atoms with Crippen molar-refractivity contribution in [1.82, 2.24) is 20.9 Å². The zero-order valence-electron chi connectivity index (χ0n) is 17.0. The number of carbonyl (C=O) groups is 3.